The first-order valence-corrected chi connectivity index (χ1v) is 12.9. The Morgan fingerprint density at radius 2 is 1.68 bits per heavy atom. The van der Waals surface area contributed by atoms with Gasteiger partial charge in [-0.15, -0.1) is 0 Å². The molecule has 1 heterocycles. The molecule has 0 saturated heterocycles. The number of aliphatic hydroxyl groups is 1. The van der Waals surface area contributed by atoms with E-state index in [4.69, 9.17) is 11.5 Å². The van der Waals surface area contributed by atoms with Crippen LogP contribution in [0.1, 0.15) is 45.1 Å². The molecule has 10 N–H and O–H groups in total. The number of carboxylic acids is 1. The number of aromatic amines is 1. The molecule has 3 amide bonds. The van der Waals surface area contributed by atoms with E-state index in [9.17, 15) is 29.4 Å². The van der Waals surface area contributed by atoms with E-state index in [1.807, 2.05) is 31.2 Å². The van der Waals surface area contributed by atoms with Crippen LogP contribution in [0.25, 0.3) is 10.9 Å². The number of fused-ring (bicyclic) bond motifs is 1. The Kier molecular flexibility index (Phi) is 12.2. The summed E-state index contributed by atoms with van der Waals surface area (Å²) in [6.45, 7) is 3.43. The quantitative estimate of drug-likeness (QED) is 0.135. The van der Waals surface area contributed by atoms with Crippen LogP contribution in [-0.2, 0) is 25.6 Å². The first-order chi connectivity index (χ1) is 18.1. The lowest BCUT2D eigenvalue weighted by Crippen LogP contribution is -2.59. The Balaban J connectivity index is 2.32. The summed E-state index contributed by atoms with van der Waals surface area (Å²) in [5.41, 5.74) is 12.7. The zero-order chi connectivity index (χ0) is 28.2. The first-order valence-electron chi connectivity index (χ1n) is 12.9. The Morgan fingerprint density at radius 1 is 1.00 bits per heavy atom. The van der Waals surface area contributed by atoms with Gasteiger partial charge in [0, 0.05) is 23.5 Å². The van der Waals surface area contributed by atoms with Crippen LogP contribution >= 0.6 is 0 Å². The Bertz CT molecular complexity index is 1090. The van der Waals surface area contributed by atoms with Gasteiger partial charge in [0.15, 0.2) is 0 Å². The molecule has 2 aromatic rings. The number of benzene rings is 1. The smallest absolute Gasteiger partial charge is 0.326 e. The summed E-state index contributed by atoms with van der Waals surface area (Å²) < 4.78 is 0. The number of rotatable bonds is 16. The third-order valence-corrected chi connectivity index (χ3v) is 6.62. The summed E-state index contributed by atoms with van der Waals surface area (Å²) in [5, 5.41) is 27.5. The standard InChI is InChI=1S/C26H40N6O6/c1-3-15(2)22(32-23(34)18(28)14-33)25(36)31-21(12-16-13-29-19-9-5-4-8-17(16)19)24(35)30-20(26(37)38)10-6-7-11-27/h4-5,8-9,13,15,18,20-22,29,33H,3,6-7,10-12,14,27-28H2,1-2H3,(H,30,35)(H,31,36)(H,32,34)(H,37,38). The van der Waals surface area contributed by atoms with Crippen LogP contribution in [-0.4, -0.2) is 76.2 Å². The van der Waals surface area contributed by atoms with E-state index in [2.05, 4.69) is 20.9 Å². The number of hydrogen-bond acceptors (Lipinski definition) is 7. The van der Waals surface area contributed by atoms with Gasteiger partial charge in [-0.2, -0.15) is 0 Å². The molecule has 0 radical (unpaired) electrons. The highest BCUT2D eigenvalue weighted by molar-refractivity contribution is 5.95. The molecule has 2 rings (SSSR count). The fraction of sp³-hybridized carbons (Fsp3) is 0.538. The molecule has 0 fully saturated rings. The minimum absolute atomic E-state index is 0.0774. The van der Waals surface area contributed by atoms with Gasteiger partial charge in [-0.25, -0.2) is 4.79 Å². The molecule has 1 aromatic heterocycles. The second kappa shape index (κ2) is 15.1. The average Bonchev–Trinajstić information content (AvgIpc) is 3.32. The summed E-state index contributed by atoms with van der Waals surface area (Å²) in [4.78, 5) is 54.0. The third-order valence-electron chi connectivity index (χ3n) is 6.62. The fourth-order valence-electron chi connectivity index (χ4n) is 4.06. The summed E-state index contributed by atoms with van der Waals surface area (Å²) >= 11 is 0. The van der Waals surface area contributed by atoms with Crippen LogP contribution in [0.5, 0.6) is 0 Å². The summed E-state index contributed by atoms with van der Waals surface area (Å²) in [5.74, 6) is -3.48. The predicted molar refractivity (Wildman–Crippen MR) is 143 cm³/mol. The van der Waals surface area contributed by atoms with Gasteiger partial charge in [0.1, 0.15) is 24.2 Å². The van der Waals surface area contributed by atoms with E-state index in [-0.39, 0.29) is 18.8 Å². The molecule has 210 valence electrons. The zero-order valence-electron chi connectivity index (χ0n) is 21.9. The third kappa shape index (κ3) is 8.54. The number of unbranched alkanes of at least 4 members (excludes halogenated alkanes) is 1. The number of aromatic nitrogens is 1. The normalized spacial score (nSPS) is 15.2. The van der Waals surface area contributed by atoms with E-state index in [0.717, 1.165) is 16.5 Å². The van der Waals surface area contributed by atoms with Gasteiger partial charge in [-0.1, -0.05) is 38.5 Å². The molecule has 0 saturated carbocycles. The van der Waals surface area contributed by atoms with Gasteiger partial charge in [-0.3, -0.25) is 14.4 Å². The van der Waals surface area contributed by atoms with Gasteiger partial charge >= 0.3 is 5.97 Å². The molecular weight excluding hydrogens is 492 g/mol. The maximum absolute atomic E-state index is 13.4. The lowest BCUT2D eigenvalue weighted by atomic mass is 9.96. The van der Waals surface area contributed by atoms with E-state index in [1.165, 1.54) is 0 Å². The number of carbonyl (C=O) groups excluding carboxylic acids is 3. The number of aliphatic hydroxyl groups excluding tert-OH is 1. The molecule has 1 aromatic carbocycles. The molecule has 38 heavy (non-hydrogen) atoms. The SMILES string of the molecule is CCC(C)C(NC(=O)C(N)CO)C(=O)NC(Cc1c[nH]c2ccccc12)C(=O)NC(CCCCN)C(=O)O. The minimum Gasteiger partial charge on any atom is -0.480 e. The predicted octanol–water partition coefficient (Wildman–Crippen LogP) is -0.256. The number of carbonyl (C=O) groups is 4. The van der Waals surface area contributed by atoms with E-state index in [1.54, 1.807) is 13.1 Å². The number of nitrogens with two attached hydrogens (primary N) is 2. The number of nitrogens with one attached hydrogen (secondary N) is 4. The highest BCUT2D eigenvalue weighted by Crippen LogP contribution is 2.20. The maximum atomic E-state index is 13.4. The van der Waals surface area contributed by atoms with Crippen molar-refractivity contribution in [2.45, 2.75) is 70.1 Å². The number of hydrogen-bond donors (Lipinski definition) is 8. The lowest BCUT2D eigenvalue weighted by molar-refractivity contribution is -0.142. The highest BCUT2D eigenvalue weighted by atomic mass is 16.4. The zero-order valence-corrected chi connectivity index (χ0v) is 21.9. The largest absolute Gasteiger partial charge is 0.480 e. The number of H-pyrrole nitrogens is 1. The fourth-order valence-corrected chi connectivity index (χ4v) is 4.06. The second-order valence-corrected chi connectivity index (χ2v) is 9.47. The van der Waals surface area contributed by atoms with Crippen LogP contribution in [0.3, 0.4) is 0 Å². The van der Waals surface area contributed by atoms with Crippen molar-refractivity contribution >= 4 is 34.6 Å². The van der Waals surface area contributed by atoms with Crippen molar-refractivity contribution in [1.29, 1.82) is 0 Å². The van der Waals surface area contributed by atoms with Crippen molar-refractivity contribution < 1.29 is 29.4 Å². The van der Waals surface area contributed by atoms with Crippen molar-refractivity contribution in [1.82, 2.24) is 20.9 Å². The van der Waals surface area contributed by atoms with Crippen molar-refractivity contribution in [2.75, 3.05) is 13.2 Å². The Morgan fingerprint density at radius 3 is 2.32 bits per heavy atom. The van der Waals surface area contributed by atoms with Gasteiger partial charge < -0.3 is 42.6 Å². The number of para-hydroxylation sites is 1. The molecule has 0 aliphatic rings. The Labute approximate surface area is 221 Å². The van der Waals surface area contributed by atoms with E-state index < -0.39 is 54.5 Å². The number of aliphatic carboxylic acids is 1. The van der Waals surface area contributed by atoms with Gasteiger partial charge in [0.2, 0.25) is 17.7 Å². The average molecular weight is 533 g/mol. The maximum Gasteiger partial charge on any atom is 0.326 e. The Hall–Kier alpha value is -3.48. The molecule has 5 unspecified atom stereocenters. The molecule has 0 aliphatic heterocycles. The summed E-state index contributed by atoms with van der Waals surface area (Å²) in [6.07, 6.45) is 3.67. The van der Waals surface area contributed by atoms with Crippen LogP contribution < -0.4 is 27.4 Å². The molecule has 0 spiro atoms. The van der Waals surface area contributed by atoms with Gasteiger partial charge in [0.05, 0.1) is 6.61 Å². The highest BCUT2D eigenvalue weighted by Gasteiger charge is 2.32. The van der Waals surface area contributed by atoms with Crippen molar-refractivity contribution in [3.8, 4) is 0 Å². The van der Waals surface area contributed by atoms with Crippen molar-refractivity contribution in [2.24, 2.45) is 17.4 Å². The molecule has 0 aliphatic carbocycles. The van der Waals surface area contributed by atoms with Gasteiger partial charge in [-0.05, 0) is 43.4 Å². The second-order valence-electron chi connectivity index (χ2n) is 9.47. The van der Waals surface area contributed by atoms with Crippen molar-refractivity contribution in [3.63, 3.8) is 0 Å². The van der Waals surface area contributed by atoms with Crippen molar-refractivity contribution in [3.05, 3.63) is 36.0 Å². The molecular formula is C26H40N6O6. The van der Waals surface area contributed by atoms with E-state index >= 15 is 0 Å². The molecule has 12 heteroatoms. The number of amides is 3. The molecule has 0 bridgehead atoms. The van der Waals surface area contributed by atoms with Crippen LogP contribution in [0.15, 0.2) is 30.5 Å². The van der Waals surface area contributed by atoms with Crippen LogP contribution in [0.2, 0.25) is 0 Å². The topological polar surface area (TPSA) is 213 Å². The summed E-state index contributed by atoms with van der Waals surface area (Å²) in [7, 11) is 0. The van der Waals surface area contributed by atoms with Gasteiger partial charge in [0.25, 0.3) is 0 Å². The summed E-state index contributed by atoms with van der Waals surface area (Å²) in [6, 6.07) is 2.96. The molecule has 5 atom stereocenters. The lowest BCUT2D eigenvalue weighted by Gasteiger charge is -2.28. The molecule has 12 nitrogen and oxygen atoms in total. The number of carboxylic acid groups (broad SMARTS) is 1. The first kappa shape index (κ1) is 30.7. The van der Waals surface area contributed by atoms with Crippen LogP contribution in [0, 0.1) is 5.92 Å². The van der Waals surface area contributed by atoms with E-state index in [0.29, 0.717) is 25.8 Å². The monoisotopic (exact) mass is 532 g/mol. The minimum atomic E-state index is -1.20. The van der Waals surface area contributed by atoms with Crippen LogP contribution in [0.4, 0.5) is 0 Å².